The van der Waals surface area contributed by atoms with Crippen molar-refractivity contribution in [1.82, 2.24) is 0 Å². The predicted octanol–water partition coefficient (Wildman–Crippen LogP) is -0.724. The van der Waals surface area contributed by atoms with Crippen LogP contribution in [0.1, 0.15) is 16.7 Å². The van der Waals surface area contributed by atoms with Gasteiger partial charge in [0.1, 0.15) is 0 Å². The van der Waals surface area contributed by atoms with Crippen LogP contribution in [0.4, 0.5) is 0 Å². The number of benzene rings is 1. The highest BCUT2D eigenvalue weighted by atomic mass is 16.4. The molecule has 0 aliphatic heterocycles. The maximum absolute atomic E-state index is 9.13. The summed E-state index contributed by atoms with van der Waals surface area (Å²) >= 11 is 0. The number of rotatable bonds is 3. The van der Waals surface area contributed by atoms with E-state index >= 15 is 0 Å². The largest absolute Gasteiger partial charge is 0.472 e. The topological polar surface area (TPSA) is 173 Å². The lowest BCUT2D eigenvalue weighted by Crippen LogP contribution is -1.99. The molecule has 1 aromatic rings. The number of aliphatic hydroxyl groups excluding tert-OH is 3. The molecule has 0 saturated heterocycles. The lowest BCUT2D eigenvalue weighted by atomic mass is 10.0. The fourth-order valence-electron chi connectivity index (χ4n) is 1.19. The molecular formula is C18H18O9. The Kier molecular flexibility index (Phi) is 19.2. The zero-order valence-electron chi connectivity index (χ0n) is 14.0. The van der Waals surface area contributed by atoms with Crippen LogP contribution < -0.4 is 0 Å². The quantitative estimate of drug-likeness (QED) is 0.371. The first kappa shape index (κ1) is 28.0. The maximum Gasteiger partial charge on any atom is 0.381 e. The first-order valence-electron chi connectivity index (χ1n) is 6.65. The molecule has 6 N–H and O–H groups in total. The SMILES string of the molecule is C#CC(=O)O.C#CC(=O)O.C#CC(=O)O.OCc1cccc(CO)c1CO. The van der Waals surface area contributed by atoms with E-state index < -0.39 is 17.9 Å². The van der Waals surface area contributed by atoms with Crippen LogP contribution in [0.3, 0.4) is 0 Å². The Morgan fingerprint density at radius 2 is 0.963 bits per heavy atom. The number of carboxylic acids is 3. The van der Waals surface area contributed by atoms with E-state index in [0.717, 1.165) is 0 Å². The van der Waals surface area contributed by atoms with Gasteiger partial charge in [0.15, 0.2) is 0 Å². The molecule has 144 valence electrons. The van der Waals surface area contributed by atoms with Crippen LogP contribution in [-0.4, -0.2) is 48.5 Å². The van der Waals surface area contributed by atoms with Crippen LogP contribution in [0.5, 0.6) is 0 Å². The normalized spacial score (nSPS) is 7.56. The zero-order valence-corrected chi connectivity index (χ0v) is 14.0. The lowest BCUT2D eigenvalue weighted by Gasteiger charge is -2.08. The third kappa shape index (κ3) is 18.4. The molecule has 9 heteroatoms. The molecule has 0 heterocycles. The Balaban J connectivity index is -0.000000323. The van der Waals surface area contributed by atoms with Gasteiger partial charge in [-0.05, 0) is 16.7 Å². The Morgan fingerprint density at radius 1 is 0.704 bits per heavy atom. The molecule has 0 aliphatic rings. The van der Waals surface area contributed by atoms with Crippen LogP contribution >= 0.6 is 0 Å². The molecule has 0 fully saturated rings. The van der Waals surface area contributed by atoms with Gasteiger partial charge >= 0.3 is 17.9 Å². The smallest absolute Gasteiger partial charge is 0.381 e. The molecule has 1 rings (SSSR count). The minimum absolute atomic E-state index is 0.107. The van der Waals surface area contributed by atoms with E-state index in [1.807, 2.05) is 0 Å². The number of hydrogen-bond acceptors (Lipinski definition) is 6. The molecular weight excluding hydrogens is 360 g/mol. The monoisotopic (exact) mass is 378 g/mol. The Hall–Kier alpha value is -3.81. The van der Waals surface area contributed by atoms with Crippen molar-refractivity contribution in [3.05, 3.63) is 34.9 Å². The summed E-state index contributed by atoms with van der Waals surface area (Å²) in [7, 11) is 0. The van der Waals surface area contributed by atoms with Crippen LogP contribution in [0.15, 0.2) is 18.2 Å². The minimum Gasteiger partial charge on any atom is -0.472 e. The zero-order chi connectivity index (χ0) is 21.8. The van der Waals surface area contributed by atoms with E-state index in [1.54, 1.807) is 18.2 Å². The van der Waals surface area contributed by atoms with Crippen molar-refractivity contribution in [3.8, 4) is 37.0 Å². The van der Waals surface area contributed by atoms with Gasteiger partial charge in [-0.15, -0.1) is 19.3 Å². The van der Waals surface area contributed by atoms with Gasteiger partial charge in [-0.2, -0.15) is 0 Å². The number of carboxylic acid groups (broad SMARTS) is 3. The Labute approximate surface area is 155 Å². The second-order valence-corrected chi connectivity index (χ2v) is 3.88. The van der Waals surface area contributed by atoms with Gasteiger partial charge in [-0.25, -0.2) is 14.4 Å². The molecule has 1 aromatic carbocycles. The van der Waals surface area contributed by atoms with Gasteiger partial charge in [-0.3, -0.25) is 0 Å². The first-order chi connectivity index (χ1) is 12.6. The summed E-state index contributed by atoms with van der Waals surface area (Å²) < 4.78 is 0. The van der Waals surface area contributed by atoms with Gasteiger partial charge in [0, 0.05) is 17.8 Å². The molecule has 0 radical (unpaired) electrons. The van der Waals surface area contributed by atoms with Crippen molar-refractivity contribution in [3.63, 3.8) is 0 Å². The minimum atomic E-state index is -1.22. The molecule has 0 amide bonds. The van der Waals surface area contributed by atoms with Gasteiger partial charge in [0.05, 0.1) is 19.8 Å². The average Bonchev–Trinajstić information content (AvgIpc) is 2.68. The van der Waals surface area contributed by atoms with E-state index in [2.05, 4.69) is 19.3 Å². The second-order valence-electron chi connectivity index (χ2n) is 3.88. The van der Waals surface area contributed by atoms with Gasteiger partial charge < -0.3 is 30.6 Å². The van der Waals surface area contributed by atoms with Crippen molar-refractivity contribution in [1.29, 1.82) is 0 Å². The standard InChI is InChI=1S/C9H12O3.3C3H2O2/c10-4-7-2-1-3-8(5-11)9(7)6-12;3*1-2-3(4)5/h1-3,10-12H,4-6H2;3*1H,(H,4,5). The summed E-state index contributed by atoms with van der Waals surface area (Å²) in [6.07, 6.45) is 13.0. The van der Waals surface area contributed by atoms with E-state index in [4.69, 9.17) is 45.0 Å². The summed E-state index contributed by atoms with van der Waals surface area (Å²) in [4.78, 5) is 27.4. The molecule has 0 saturated carbocycles. The number of terminal acetylenes is 3. The second kappa shape index (κ2) is 18.5. The molecule has 0 atom stereocenters. The fourth-order valence-corrected chi connectivity index (χ4v) is 1.19. The first-order valence-corrected chi connectivity index (χ1v) is 6.65. The number of carbonyl (C=O) groups is 3. The third-order valence-electron chi connectivity index (χ3n) is 2.24. The Morgan fingerprint density at radius 3 is 1.11 bits per heavy atom. The average molecular weight is 378 g/mol. The number of aliphatic hydroxyl groups is 3. The Bertz CT molecular complexity index is 651. The molecule has 0 aromatic heterocycles. The number of hydrogen-bond donors (Lipinski definition) is 6. The summed E-state index contributed by atoms with van der Waals surface area (Å²) in [5, 5.41) is 49.2. The summed E-state index contributed by atoms with van der Waals surface area (Å²) in [6.45, 7) is -0.361. The van der Waals surface area contributed by atoms with Crippen LogP contribution in [0.25, 0.3) is 0 Å². The summed E-state index contributed by atoms with van der Waals surface area (Å²) in [6, 6.07) is 5.20. The predicted molar refractivity (Wildman–Crippen MR) is 93.6 cm³/mol. The third-order valence-corrected chi connectivity index (χ3v) is 2.24. The molecule has 0 spiro atoms. The highest BCUT2D eigenvalue weighted by molar-refractivity contribution is 5.86. The lowest BCUT2D eigenvalue weighted by molar-refractivity contribution is -0.131. The van der Waals surface area contributed by atoms with E-state index in [0.29, 0.717) is 16.7 Å². The highest BCUT2D eigenvalue weighted by Gasteiger charge is 2.04. The van der Waals surface area contributed by atoms with Gasteiger partial charge in [-0.1, -0.05) is 18.2 Å². The fraction of sp³-hybridized carbons (Fsp3) is 0.167. The van der Waals surface area contributed by atoms with Crippen molar-refractivity contribution < 1.29 is 45.0 Å². The van der Waals surface area contributed by atoms with Crippen molar-refractivity contribution >= 4 is 17.9 Å². The van der Waals surface area contributed by atoms with E-state index in [1.165, 1.54) is 17.8 Å². The highest BCUT2D eigenvalue weighted by Crippen LogP contribution is 2.14. The van der Waals surface area contributed by atoms with E-state index in [-0.39, 0.29) is 19.8 Å². The van der Waals surface area contributed by atoms with Crippen molar-refractivity contribution in [2.24, 2.45) is 0 Å². The number of aliphatic carboxylic acids is 3. The van der Waals surface area contributed by atoms with Crippen LogP contribution in [-0.2, 0) is 34.2 Å². The van der Waals surface area contributed by atoms with Crippen LogP contribution in [0, 0.1) is 37.0 Å². The molecule has 27 heavy (non-hydrogen) atoms. The van der Waals surface area contributed by atoms with Gasteiger partial charge in [0.25, 0.3) is 0 Å². The maximum atomic E-state index is 9.13. The molecule has 0 aliphatic carbocycles. The molecule has 0 bridgehead atoms. The molecule has 9 nitrogen and oxygen atoms in total. The van der Waals surface area contributed by atoms with Crippen molar-refractivity contribution in [2.75, 3.05) is 0 Å². The van der Waals surface area contributed by atoms with Crippen LogP contribution in [0.2, 0.25) is 0 Å². The summed E-state index contributed by atoms with van der Waals surface area (Å²) in [5.41, 5.74) is 1.97. The van der Waals surface area contributed by atoms with Gasteiger partial charge in [0.2, 0.25) is 0 Å². The summed E-state index contributed by atoms with van der Waals surface area (Å²) in [5.74, 6) is 0.681. The van der Waals surface area contributed by atoms with Crippen molar-refractivity contribution in [2.45, 2.75) is 19.8 Å². The molecule has 0 unspecified atom stereocenters. The van der Waals surface area contributed by atoms with E-state index in [9.17, 15) is 0 Å².